The van der Waals surface area contributed by atoms with E-state index in [-0.39, 0.29) is 17.6 Å². The van der Waals surface area contributed by atoms with Gasteiger partial charge < -0.3 is 15.3 Å². The smallest absolute Gasteiger partial charge is 0.165 e. The largest absolute Gasteiger partial charge is 0.392 e. The van der Waals surface area contributed by atoms with Crippen molar-refractivity contribution in [1.82, 2.24) is 0 Å². The van der Waals surface area contributed by atoms with E-state index in [2.05, 4.69) is 11.8 Å². The van der Waals surface area contributed by atoms with Crippen LogP contribution in [0.25, 0.3) is 0 Å². The summed E-state index contributed by atoms with van der Waals surface area (Å²) in [6, 6.07) is 0. The highest BCUT2D eigenvalue weighted by molar-refractivity contribution is 5.94. The summed E-state index contributed by atoms with van der Waals surface area (Å²) < 4.78 is 0. The van der Waals surface area contributed by atoms with Crippen molar-refractivity contribution in [2.75, 3.05) is 0 Å². The number of Topliss-reactive ketones (excluding diaryl/α,β-unsaturated/α-hetero) is 1. The summed E-state index contributed by atoms with van der Waals surface area (Å²) in [4.78, 5) is 11.6. The lowest BCUT2D eigenvalue weighted by molar-refractivity contribution is -0.181. The summed E-state index contributed by atoms with van der Waals surface area (Å²) in [6.45, 7) is 0. The zero-order valence-corrected chi connectivity index (χ0v) is 12.3. The third kappa shape index (κ3) is 2.75. The second-order valence-electron chi connectivity index (χ2n) is 6.98. The Morgan fingerprint density at radius 1 is 1.29 bits per heavy atom. The first-order valence-electron chi connectivity index (χ1n) is 8.13. The molecule has 0 unspecified atom stereocenters. The van der Waals surface area contributed by atoms with E-state index < -0.39 is 17.8 Å². The van der Waals surface area contributed by atoms with Crippen LogP contribution in [-0.4, -0.2) is 38.9 Å². The molecule has 0 heterocycles. The predicted molar refractivity (Wildman–Crippen MR) is 77.2 cm³/mol. The van der Waals surface area contributed by atoms with E-state index in [1.165, 1.54) is 25.7 Å². The van der Waals surface area contributed by atoms with Gasteiger partial charge in [0.2, 0.25) is 0 Å². The topological polar surface area (TPSA) is 77.8 Å². The molecular weight excluding hydrogens is 268 g/mol. The number of aliphatic hydroxyl groups excluding tert-OH is 2. The van der Waals surface area contributed by atoms with Crippen molar-refractivity contribution in [3.63, 3.8) is 0 Å². The molecule has 3 aliphatic rings. The number of hydrogen-bond donors (Lipinski definition) is 3. The molecule has 0 radical (unpaired) electrons. The van der Waals surface area contributed by atoms with Crippen LogP contribution < -0.4 is 0 Å². The number of rotatable bonds is 2. The van der Waals surface area contributed by atoms with Gasteiger partial charge in [0, 0.05) is 12.3 Å². The first kappa shape index (κ1) is 15.0. The van der Waals surface area contributed by atoms with Gasteiger partial charge in [-0.1, -0.05) is 37.5 Å². The Balaban J connectivity index is 1.63. The van der Waals surface area contributed by atoms with Crippen molar-refractivity contribution in [3.8, 4) is 11.8 Å². The van der Waals surface area contributed by atoms with Gasteiger partial charge in [0.15, 0.2) is 5.78 Å². The summed E-state index contributed by atoms with van der Waals surface area (Å²) in [7, 11) is 0. The Hall–Kier alpha value is -0.890. The fourth-order valence-corrected chi connectivity index (χ4v) is 4.20. The maximum absolute atomic E-state index is 11.6. The van der Waals surface area contributed by atoms with Crippen LogP contribution in [0.3, 0.4) is 0 Å². The van der Waals surface area contributed by atoms with E-state index in [4.69, 9.17) is 0 Å². The molecule has 0 aromatic carbocycles. The molecule has 4 nitrogen and oxygen atoms in total. The van der Waals surface area contributed by atoms with Crippen LogP contribution in [0.2, 0.25) is 0 Å². The molecule has 0 bridgehead atoms. The van der Waals surface area contributed by atoms with Crippen molar-refractivity contribution in [2.45, 2.75) is 69.2 Å². The number of ketones is 1. The minimum absolute atomic E-state index is 0.127. The van der Waals surface area contributed by atoms with Crippen LogP contribution in [0, 0.1) is 29.6 Å². The number of carbonyl (C=O) groups excluding carboxylic acids is 1. The van der Waals surface area contributed by atoms with Gasteiger partial charge in [0.1, 0.15) is 11.7 Å². The lowest BCUT2D eigenvalue weighted by Gasteiger charge is -2.51. The van der Waals surface area contributed by atoms with E-state index in [9.17, 15) is 20.1 Å². The normalized spacial score (nSPS) is 40.9. The quantitative estimate of drug-likeness (QED) is 0.664. The van der Waals surface area contributed by atoms with Crippen LogP contribution >= 0.6 is 0 Å². The Kier molecular flexibility index (Phi) is 4.09. The Morgan fingerprint density at radius 3 is 2.67 bits per heavy atom. The number of aliphatic hydroxyl groups is 3. The minimum atomic E-state index is -1.27. The maximum atomic E-state index is 11.6. The Labute approximate surface area is 125 Å². The highest BCUT2D eigenvalue weighted by Crippen LogP contribution is 2.48. The molecule has 0 aromatic rings. The molecule has 3 N–H and O–H groups in total. The van der Waals surface area contributed by atoms with Crippen LogP contribution in [0.5, 0.6) is 0 Å². The second-order valence-corrected chi connectivity index (χ2v) is 6.98. The van der Waals surface area contributed by atoms with E-state index in [0.29, 0.717) is 31.6 Å². The molecule has 3 saturated carbocycles. The van der Waals surface area contributed by atoms with Crippen molar-refractivity contribution in [1.29, 1.82) is 0 Å². The molecule has 0 spiro atoms. The first-order valence-corrected chi connectivity index (χ1v) is 8.13. The number of hydrogen-bond acceptors (Lipinski definition) is 4. The van der Waals surface area contributed by atoms with Gasteiger partial charge in [-0.05, 0) is 25.2 Å². The van der Waals surface area contributed by atoms with Crippen molar-refractivity contribution < 1.29 is 20.1 Å². The van der Waals surface area contributed by atoms with Gasteiger partial charge in [0.25, 0.3) is 0 Å². The molecule has 5 atom stereocenters. The molecule has 0 saturated heterocycles. The van der Waals surface area contributed by atoms with Crippen LogP contribution in [0.1, 0.15) is 51.4 Å². The summed E-state index contributed by atoms with van der Waals surface area (Å²) >= 11 is 0. The number of carbonyl (C=O) groups is 1. The summed E-state index contributed by atoms with van der Waals surface area (Å²) in [5, 5.41) is 30.4. The molecule has 0 aliphatic heterocycles. The van der Waals surface area contributed by atoms with Gasteiger partial charge in [-0.2, -0.15) is 0 Å². The molecule has 3 rings (SSSR count). The summed E-state index contributed by atoms with van der Waals surface area (Å²) in [5.74, 6) is 5.59. The summed E-state index contributed by atoms with van der Waals surface area (Å²) in [5.41, 5.74) is -1.27. The van der Waals surface area contributed by atoms with Gasteiger partial charge in [-0.25, -0.2) is 0 Å². The van der Waals surface area contributed by atoms with Crippen LogP contribution in [-0.2, 0) is 4.79 Å². The van der Waals surface area contributed by atoms with Gasteiger partial charge >= 0.3 is 0 Å². The zero-order valence-electron chi connectivity index (χ0n) is 12.3. The van der Waals surface area contributed by atoms with Crippen LogP contribution in [0.15, 0.2) is 0 Å². The third-order valence-corrected chi connectivity index (χ3v) is 5.62. The van der Waals surface area contributed by atoms with E-state index in [1.807, 2.05) is 0 Å². The molecule has 3 fully saturated rings. The standard InChI is InChI=1S/C17H24O4/c18-12(9-11-3-1-2-4-11)5-6-13-14-10-16(20)17(14,21)8-7-15(13)19/h11-15,18-19,21H,1-4,7-10H2/t12-,13-,14-,15-,17-/m1/s1. The SMILES string of the molecule is O=C1C[C@@H]2[C@@H](C#C[C@@H](O)CC3CCCC3)[C@H](O)CC[C@]12O. The van der Waals surface area contributed by atoms with Crippen LogP contribution in [0.4, 0.5) is 0 Å². The highest BCUT2D eigenvalue weighted by atomic mass is 16.3. The fourth-order valence-electron chi connectivity index (χ4n) is 4.20. The minimum Gasteiger partial charge on any atom is -0.392 e. The van der Waals surface area contributed by atoms with E-state index in [0.717, 1.165) is 0 Å². The van der Waals surface area contributed by atoms with Crippen molar-refractivity contribution in [3.05, 3.63) is 0 Å². The molecular formula is C17H24O4. The third-order valence-electron chi connectivity index (χ3n) is 5.62. The lowest BCUT2D eigenvalue weighted by Crippen LogP contribution is -2.63. The monoisotopic (exact) mass is 292 g/mol. The molecule has 21 heavy (non-hydrogen) atoms. The van der Waals surface area contributed by atoms with Gasteiger partial charge in [0.05, 0.1) is 12.0 Å². The molecule has 4 heteroatoms. The maximum Gasteiger partial charge on any atom is 0.165 e. The molecule has 116 valence electrons. The van der Waals surface area contributed by atoms with E-state index >= 15 is 0 Å². The second kappa shape index (κ2) is 5.72. The molecule has 3 aliphatic carbocycles. The Morgan fingerprint density at radius 2 is 2.00 bits per heavy atom. The summed E-state index contributed by atoms with van der Waals surface area (Å²) in [6.07, 6.45) is 5.28. The van der Waals surface area contributed by atoms with Gasteiger partial charge in [-0.3, -0.25) is 4.79 Å². The van der Waals surface area contributed by atoms with Crippen molar-refractivity contribution >= 4 is 5.78 Å². The number of fused-ring (bicyclic) bond motifs is 1. The lowest BCUT2D eigenvalue weighted by atomic mass is 9.56. The average Bonchev–Trinajstić information content (AvgIpc) is 2.95. The molecule has 0 aromatic heterocycles. The average molecular weight is 292 g/mol. The first-order chi connectivity index (χ1) is 10.0. The fraction of sp³-hybridized carbons (Fsp3) is 0.824. The predicted octanol–water partition coefficient (Wildman–Crippen LogP) is 1.02. The van der Waals surface area contributed by atoms with Crippen molar-refractivity contribution in [2.24, 2.45) is 17.8 Å². The highest BCUT2D eigenvalue weighted by Gasteiger charge is 2.59. The zero-order chi connectivity index (χ0) is 15.0. The molecule has 0 amide bonds. The Bertz CT molecular complexity index is 471. The van der Waals surface area contributed by atoms with Gasteiger partial charge in [-0.15, -0.1) is 0 Å². The van der Waals surface area contributed by atoms with E-state index in [1.54, 1.807) is 0 Å².